The second-order valence-corrected chi connectivity index (χ2v) is 6.17. The molecule has 120 valence electrons. The molecular formula is C14H27N5O2. The van der Waals surface area contributed by atoms with Crippen molar-refractivity contribution in [1.82, 2.24) is 26.0 Å². The topological polar surface area (TPSA) is 76.7 Å². The summed E-state index contributed by atoms with van der Waals surface area (Å²) >= 11 is 0. The summed E-state index contributed by atoms with van der Waals surface area (Å²) in [7, 11) is 4.04. The molecule has 2 rings (SSSR count). The minimum Gasteiger partial charge on any atom is -0.356 e. The number of hydrogen-bond acceptors (Lipinski definition) is 5. The summed E-state index contributed by atoms with van der Waals surface area (Å²) in [5, 5.41) is 3.01. The molecule has 2 heterocycles. The van der Waals surface area contributed by atoms with Crippen LogP contribution in [0.25, 0.3) is 0 Å². The number of carbonyl (C=O) groups excluding carboxylic acids is 2. The molecule has 2 saturated heterocycles. The second kappa shape index (κ2) is 7.20. The number of likely N-dealkylation sites (tertiary alicyclic amines) is 1. The minimum absolute atomic E-state index is 0.00329. The molecular weight excluding hydrogens is 270 g/mol. The van der Waals surface area contributed by atoms with E-state index in [9.17, 15) is 9.59 Å². The van der Waals surface area contributed by atoms with E-state index >= 15 is 0 Å². The van der Waals surface area contributed by atoms with Crippen LogP contribution in [0.2, 0.25) is 0 Å². The third-order valence-corrected chi connectivity index (χ3v) is 4.34. The third kappa shape index (κ3) is 3.93. The first kappa shape index (κ1) is 16.2. The summed E-state index contributed by atoms with van der Waals surface area (Å²) in [4.78, 5) is 28.5. The molecule has 2 fully saturated rings. The molecule has 21 heavy (non-hydrogen) atoms. The van der Waals surface area contributed by atoms with E-state index in [1.165, 1.54) is 0 Å². The van der Waals surface area contributed by atoms with E-state index in [2.05, 4.69) is 32.9 Å². The van der Waals surface area contributed by atoms with Crippen LogP contribution < -0.4 is 16.2 Å². The van der Waals surface area contributed by atoms with Crippen molar-refractivity contribution in [2.75, 3.05) is 46.8 Å². The lowest BCUT2D eigenvalue weighted by molar-refractivity contribution is -0.129. The van der Waals surface area contributed by atoms with Gasteiger partial charge in [0, 0.05) is 19.6 Å². The quantitative estimate of drug-likeness (QED) is 0.527. The maximum Gasteiger partial charge on any atom is 0.240 e. The first-order valence-corrected chi connectivity index (χ1v) is 7.73. The smallest absolute Gasteiger partial charge is 0.240 e. The van der Waals surface area contributed by atoms with Crippen molar-refractivity contribution in [3.63, 3.8) is 0 Å². The lowest BCUT2D eigenvalue weighted by atomic mass is 9.84. The monoisotopic (exact) mass is 297 g/mol. The molecule has 3 atom stereocenters. The molecule has 0 radical (unpaired) electrons. The van der Waals surface area contributed by atoms with E-state index in [0.29, 0.717) is 13.1 Å². The Morgan fingerprint density at radius 2 is 2.19 bits per heavy atom. The minimum atomic E-state index is -0.179. The number of amides is 2. The number of nitrogens with zero attached hydrogens (tertiary/aromatic N) is 2. The van der Waals surface area contributed by atoms with Gasteiger partial charge in [-0.15, -0.1) is 0 Å². The lowest BCUT2D eigenvalue weighted by Crippen LogP contribution is -2.57. The molecule has 2 amide bonds. The molecule has 2 aliphatic rings. The summed E-state index contributed by atoms with van der Waals surface area (Å²) in [6, 6.07) is -0.0888. The zero-order chi connectivity index (χ0) is 15.4. The number of hydrogen-bond donors (Lipinski definition) is 3. The standard InChI is InChI=1S/C14H27N5O2/c1-4-19-8-10(12-11(9-19)14(21)17-16-12)13(20)15-6-5-7-18(2)3/h10-12,16H,4-9H2,1-3H3,(H,15,20)(H,17,21). The second-order valence-electron chi connectivity index (χ2n) is 6.17. The Morgan fingerprint density at radius 1 is 1.43 bits per heavy atom. The summed E-state index contributed by atoms with van der Waals surface area (Å²) in [6.07, 6.45) is 0.932. The number of piperidine rings is 1. The molecule has 2 aliphatic heterocycles. The highest BCUT2D eigenvalue weighted by Crippen LogP contribution is 2.25. The van der Waals surface area contributed by atoms with Crippen LogP contribution in [0.4, 0.5) is 0 Å². The van der Waals surface area contributed by atoms with Crippen molar-refractivity contribution in [2.45, 2.75) is 19.4 Å². The van der Waals surface area contributed by atoms with Gasteiger partial charge in [-0.2, -0.15) is 0 Å². The summed E-state index contributed by atoms with van der Waals surface area (Å²) in [5.41, 5.74) is 5.67. The van der Waals surface area contributed by atoms with E-state index in [0.717, 1.165) is 26.1 Å². The summed E-state index contributed by atoms with van der Waals surface area (Å²) in [5.74, 6) is -0.257. The van der Waals surface area contributed by atoms with Gasteiger partial charge in [0.1, 0.15) is 0 Å². The van der Waals surface area contributed by atoms with Gasteiger partial charge in [0.25, 0.3) is 0 Å². The van der Waals surface area contributed by atoms with Gasteiger partial charge in [0.2, 0.25) is 11.8 Å². The maximum atomic E-state index is 12.4. The zero-order valence-electron chi connectivity index (χ0n) is 13.2. The number of fused-ring (bicyclic) bond motifs is 1. The van der Waals surface area contributed by atoms with Crippen LogP contribution in [0.3, 0.4) is 0 Å². The molecule has 0 saturated carbocycles. The van der Waals surface area contributed by atoms with Crippen LogP contribution in [0.1, 0.15) is 13.3 Å². The van der Waals surface area contributed by atoms with E-state index in [-0.39, 0.29) is 29.7 Å². The predicted octanol–water partition coefficient (Wildman–Crippen LogP) is -1.37. The Kier molecular flexibility index (Phi) is 5.55. The first-order chi connectivity index (χ1) is 10.0. The van der Waals surface area contributed by atoms with E-state index in [1.807, 2.05) is 14.1 Å². The number of carbonyl (C=O) groups is 2. The van der Waals surface area contributed by atoms with Crippen molar-refractivity contribution >= 4 is 11.8 Å². The van der Waals surface area contributed by atoms with E-state index in [1.54, 1.807) is 0 Å². The van der Waals surface area contributed by atoms with Gasteiger partial charge in [-0.1, -0.05) is 6.92 Å². The van der Waals surface area contributed by atoms with Crippen LogP contribution in [0, 0.1) is 11.8 Å². The Bertz CT molecular complexity index is 388. The fourth-order valence-electron chi connectivity index (χ4n) is 3.07. The zero-order valence-corrected chi connectivity index (χ0v) is 13.2. The predicted molar refractivity (Wildman–Crippen MR) is 80.3 cm³/mol. The summed E-state index contributed by atoms with van der Waals surface area (Å²) < 4.78 is 0. The van der Waals surface area contributed by atoms with Crippen molar-refractivity contribution < 1.29 is 9.59 Å². The highest BCUT2D eigenvalue weighted by Gasteiger charge is 2.46. The Labute approximate surface area is 126 Å². The van der Waals surface area contributed by atoms with Crippen molar-refractivity contribution in [1.29, 1.82) is 0 Å². The van der Waals surface area contributed by atoms with E-state index < -0.39 is 0 Å². The highest BCUT2D eigenvalue weighted by molar-refractivity contribution is 5.85. The average molecular weight is 297 g/mol. The Morgan fingerprint density at radius 3 is 2.86 bits per heavy atom. The van der Waals surface area contributed by atoms with Crippen LogP contribution >= 0.6 is 0 Å². The SMILES string of the molecule is CCN1CC(C(=O)NCCCN(C)C)C2NNC(=O)C2C1. The summed E-state index contributed by atoms with van der Waals surface area (Å²) in [6.45, 7) is 5.99. The molecule has 0 aliphatic carbocycles. The maximum absolute atomic E-state index is 12.4. The molecule has 3 unspecified atom stereocenters. The number of nitrogens with one attached hydrogen (secondary N) is 3. The molecule has 0 aromatic heterocycles. The number of rotatable bonds is 6. The largest absolute Gasteiger partial charge is 0.356 e. The average Bonchev–Trinajstić information content (AvgIpc) is 2.83. The van der Waals surface area contributed by atoms with Gasteiger partial charge in [-0.05, 0) is 33.6 Å². The Hall–Kier alpha value is -1.18. The van der Waals surface area contributed by atoms with Gasteiger partial charge in [-0.25, -0.2) is 5.43 Å². The lowest BCUT2D eigenvalue weighted by Gasteiger charge is -2.37. The van der Waals surface area contributed by atoms with E-state index in [4.69, 9.17) is 0 Å². The molecule has 0 aromatic carbocycles. The molecule has 3 N–H and O–H groups in total. The molecule has 0 bridgehead atoms. The fourth-order valence-corrected chi connectivity index (χ4v) is 3.07. The van der Waals surface area contributed by atoms with Crippen molar-refractivity contribution in [3.8, 4) is 0 Å². The van der Waals surface area contributed by atoms with Crippen LogP contribution in [-0.2, 0) is 9.59 Å². The van der Waals surface area contributed by atoms with Gasteiger partial charge in [0.15, 0.2) is 0 Å². The van der Waals surface area contributed by atoms with Gasteiger partial charge >= 0.3 is 0 Å². The van der Waals surface area contributed by atoms with Crippen molar-refractivity contribution in [3.05, 3.63) is 0 Å². The first-order valence-electron chi connectivity index (χ1n) is 7.73. The third-order valence-electron chi connectivity index (χ3n) is 4.34. The van der Waals surface area contributed by atoms with Gasteiger partial charge < -0.3 is 15.1 Å². The highest BCUT2D eigenvalue weighted by atomic mass is 16.2. The van der Waals surface area contributed by atoms with Crippen LogP contribution in [0.15, 0.2) is 0 Å². The van der Waals surface area contributed by atoms with Crippen LogP contribution in [0.5, 0.6) is 0 Å². The van der Waals surface area contributed by atoms with Crippen LogP contribution in [-0.4, -0.2) is 74.5 Å². The molecule has 7 heteroatoms. The fraction of sp³-hybridized carbons (Fsp3) is 0.857. The van der Waals surface area contributed by atoms with Gasteiger partial charge in [-0.3, -0.25) is 15.0 Å². The molecule has 7 nitrogen and oxygen atoms in total. The molecule has 0 aromatic rings. The van der Waals surface area contributed by atoms with Gasteiger partial charge in [0.05, 0.1) is 17.9 Å². The molecule has 0 spiro atoms. The van der Waals surface area contributed by atoms with Crippen molar-refractivity contribution in [2.24, 2.45) is 11.8 Å². The Balaban J connectivity index is 1.90. The number of hydrazine groups is 1. The normalized spacial score (nSPS) is 29.3.